The molecule has 0 unspecified atom stereocenters. The summed E-state index contributed by atoms with van der Waals surface area (Å²) in [6, 6.07) is 11.7. The van der Waals surface area contributed by atoms with Gasteiger partial charge in [0, 0.05) is 25.2 Å². The molecular formula is C22H26N2O6S. The minimum atomic E-state index is -3.49. The third-order valence-corrected chi connectivity index (χ3v) is 6.73. The van der Waals surface area contributed by atoms with E-state index in [-0.39, 0.29) is 17.6 Å². The molecule has 0 atom stereocenters. The quantitative estimate of drug-likeness (QED) is 0.445. The van der Waals surface area contributed by atoms with Crippen molar-refractivity contribution >= 4 is 22.0 Å². The van der Waals surface area contributed by atoms with E-state index in [2.05, 4.69) is 5.32 Å². The van der Waals surface area contributed by atoms with Crippen LogP contribution in [0.1, 0.15) is 19.4 Å². The van der Waals surface area contributed by atoms with Crippen molar-refractivity contribution in [3.05, 3.63) is 54.1 Å². The van der Waals surface area contributed by atoms with Gasteiger partial charge in [-0.2, -0.15) is 4.31 Å². The van der Waals surface area contributed by atoms with Crippen molar-refractivity contribution in [1.82, 2.24) is 9.62 Å². The van der Waals surface area contributed by atoms with E-state index in [1.165, 1.54) is 10.4 Å². The lowest BCUT2D eigenvalue weighted by Crippen LogP contribution is -2.30. The van der Waals surface area contributed by atoms with E-state index in [0.717, 1.165) is 5.56 Å². The monoisotopic (exact) mass is 446 g/mol. The Kier molecular flexibility index (Phi) is 7.54. The highest BCUT2D eigenvalue weighted by Crippen LogP contribution is 2.34. The number of rotatable bonds is 10. The molecule has 0 radical (unpaired) electrons. The zero-order valence-corrected chi connectivity index (χ0v) is 18.4. The van der Waals surface area contributed by atoms with Crippen molar-refractivity contribution in [2.75, 3.05) is 33.0 Å². The molecule has 0 aromatic heterocycles. The van der Waals surface area contributed by atoms with Crippen molar-refractivity contribution in [1.29, 1.82) is 0 Å². The lowest BCUT2D eigenvalue weighted by molar-refractivity contribution is -0.116. The van der Waals surface area contributed by atoms with Crippen LogP contribution in [0.15, 0.2) is 53.4 Å². The van der Waals surface area contributed by atoms with Crippen molar-refractivity contribution < 1.29 is 27.4 Å². The summed E-state index contributed by atoms with van der Waals surface area (Å²) >= 11 is 0. The molecule has 0 bridgehead atoms. The summed E-state index contributed by atoms with van der Waals surface area (Å²) in [5.74, 6) is 1.69. The number of hydrogen-bond donors (Lipinski definition) is 1. The maximum atomic E-state index is 12.5. The van der Waals surface area contributed by atoms with Crippen LogP contribution in [-0.2, 0) is 14.8 Å². The molecule has 2 aromatic rings. The van der Waals surface area contributed by atoms with Gasteiger partial charge in [0.1, 0.15) is 12.4 Å². The molecule has 3 rings (SSSR count). The number of benzene rings is 2. The average molecular weight is 447 g/mol. The van der Waals surface area contributed by atoms with Crippen LogP contribution in [0.25, 0.3) is 6.08 Å². The van der Waals surface area contributed by atoms with Gasteiger partial charge in [0.25, 0.3) is 0 Å². The molecule has 8 nitrogen and oxygen atoms in total. The number of fused-ring (bicyclic) bond motifs is 1. The summed E-state index contributed by atoms with van der Waals surface area (Å²) in [7, 11) is -3.49. The minimum Gasteiger partial charge on any atom is -0.492 e. The Bertz CT molecular complexity index is 1030. The van der Waals surface area contributed by atoms with E-state index in [1.807, 2.05) is 0 Å². The largest absolute Gasteiger partial charge is 0.492 e. The maximum absolute atomic E-state index is 12.5. The number of hydrogen-bond acceptors (Lipinski definition) is 6. The Morgan fingerprint density at radius 2 is 1.81 bits per heavy atom. The molecule has 0 spiro atoms. The van der Waals surface area contributed by atoms with Crippen LogP contribution >= 0.6 is 0 Å². The third-order valence-electron chi connectivity index (χ3n) is 4.66. The van der Waals surface area contributed by atoms with Gasteiger partial charge in [-0.05, 0) is 35.9 Å². The van der Waals surface area contributed by atoms with Crippen LogP contribution < -0.4 is 19.5 Å². The highest BCUT2D eigenvalue weighted by atomic mass is 32.2. The van der Waals surface area contributed by atoms with Crippen molar-refractivity contribution in [3.8, 4) is 17.2 Å². The number of carbonyl (C=O) groups excluding carboxylic acids is 1. The maximum Gasteiger partial charge on any atom is 0.244 e. The standard InChI is InChI=1S/C22H26N2O6S/c1-3-24(4-2)31(26,27)19-9-5-17(6-10-19)7-12-22(25)23-13-14-28-18-8-11-20-21(15-18)30-16-29-20/h5-12,15H,3-4,13-14,16H2,1-2H3,(H,23,25). The molecule has 0 saturated carbocycles. The Balaban J connectivity index is 1.45. The molecular weight excluding hydrogens is 420 g/mol. The van der Waals surface area contributed by atoms with Gasteiger partial charge in [0.2, 0.25) is 22.7 Å². The molecule has 0 saturated heterocycles. The van der Waals surface area contributed by atoms with E-state index in [1.54, 1.807) is 62.4 Å². The predicted octanol–water partition coefficient (Wildman–Crippen LogP) is 2.65. The Morgan fingerprint density at radius 1 is 1.10 bits per heavy atom. The van der Waals surface area contributed by atoms with Crippen LogP contribution in [0.4, 0.5) is 0 Å². The van der Waals surface area contributed by atoms with Crippen LogP contribution in [0, 0.1) is 0 Å². The number of carbonyl (C=O) groups is 1. The first-order valence-corrected chi connectivity index (χ1v) is 11.5. The number of sulfonamides is 1. The molecule has 1 amide bonds. The average Bonchev–Trinajstić information content (AvgIpc) is 3.24. The summed E-state index contributed by atoms with van der Waals surface area (Å²) in [6.45, 7) is 5.28. The lowest BCUT2D eigenvalue weighted by Gasteiger charge is -2.18. The Hall–Kier alpha value is -3.04. The summed E-state index contributed by atoms with van der Waals surface area (Å²) in [5.41, 5.74) is 0.727. The molecule has 2 aromatic carbocycles. The first kappa shape index (κ1) is 22.6. The topological polar surface area (TPSA) is 94.2 Å². The molecule has 1 heterocycles. The van der Waals surface area contributed by atoms with E-state index >= 15 is 0 Å². The van der Waals surface area contributed by atoms with E-state index in [0.29, 0.717) is 43.5 Å². The zero-order valence-electron chi connectivity index (χ0n) is 17.5. The number of nitrogens with one attached hydrogen (secondary N) is 1. The fraction of sp³-hybridized carbons (Fsp3) is 0.318. The van der Waals surface area contributed by atoms with E-state index in [4.69, 9.17) is 14.2 Å². The Morgan fingerprint density at radius 3 is 2.52 bits per heavy atom. The van der Waals surface area contributed by atoms with Crippen LogP contribution in [0.3, 0.4) is 0 Å². The smallest absolute Gasteiger partial charge is 0.244 e. The predicted molar refractivity (Wildman–Crippen MR) is 117 cm³/mol. The molecule has 1 aliphatic heterocycles. The molecule has 0 aliphatic carbocycles. The minimum absolute atomic E-state index is 0.204. The Labute approximate surface area is 182 Å². The highest BCUT2D eigenvalue weighted by Gasteiger charge is 2.21. The first-order valence-electron chi connectivity index (χ1n) is 10.0. The molecule has 1 aliphatic rings. The van der Waals surface area contributed by atoms with Gasteiger partial charge in [-0.1, -0.05) is 26.0 Å². The number of amides is 1. The van der Waals surface area contributed by atoms with Gasteiger partial charge in [0.05, 0.1) is 11.4 Å². The SMILES string of the molecule is CCN(CC)S(=O)(=O)c1ccc(C=CC(=O)NCCOc2ccc3c(c2)OCO3)cc1. The second-order valence-electron chi connectivity index (χ2n) is 6.65. The van der Waals surface area contributed by atoms with Crippen molar-refractivity contribution in [2.24, 2.45) is 0 Å². The number of ether oxygens (including phenoxy) is 3. The second-order valence-corrected chi connectivity index (χ2v) is 8.58. The number of nitrogens with zero attached hydrogens (tertiary/aromatic N) is 1. The van der Waals surface area contributed by atoms with Crippen LogP contribution in [-0.4, -0.2) is 51.7 Å². The third kappa shape index (κ3) is 5.77. The van der Waals surface area contributed by atoms with Gasteiger partial charge in [-0.25, -0.2) is 8.42 Å². The van der Waals surface area contributed by atoms with Crippen molar-refractivity contribution in [2.45, 2.75) is 18.7 Å². The van der Waals surface area contributed by atoms with Crippen molar-refractivity contribution in [3.63, 3.8) is 0 Å². The first-order chi connectivity index (χ1) is 14.9. The summed E-state index contributed by atoms with van der Waals surface area (Å²) < 4.78 is 42.5. The molecule has 0 fully saturated rings. The zero-order chi connectivity index (χ0) is 22.3. The fourth-order valence-electron chi connectivity index (χ4n) is 3.00. The van der Waals surface area contributed by atoms with Gasteiger partial charge in [-0.15, -0.1) is 0 Å². The molecule has 9 heteroatoms. The normalized spacial score (nSPS) is 13.0. The summed E-state index contributed by atoms with van der Waals surface area (Å²) in [5, 5.41) is 2.73. The molecule has 31 heavy (non-hydrogen) atoms. The summed E-state index contributed by atoms with van der Waals surface area (Å²) in [4.78, 5) is 12.2. The highest BCUT2D eigenvalue weighted by molar-refractivity contribution is 7.89. The molecule has 166 valence electrons. The van der Waals surface area contributed by atoms with Gasteiger partial charge >= 0.3 is 0 Å². The van der Waals surface area contributed by atoms with Crippen LogP contribution in [0.2, 0.25) is 0 Å². The second kappa shape index (κ2) is 10.3. The summed E-state index contributed by atoms with van der Waals surface area (Å²) in [6.07, 6.45) is 3.02. The van der Waals surface area contributed by atoms with Crippen LogP contribution in [0.5, 0.6) is 17.2 Å². The molecule has 1 N–H and O–H groups in total. The van der Waals surface area contributed by atoms with Gasteiger partial charge in [0.15, 0.2) is 11.5 Å². The fourth-order valence-corrected chi connectivity index (χ4v) is 4.46. The van der Waals surface area contributed by atoms with E-state index < -0.39 is 10.0 Å². The van der Waals surface area contributed by atoms with E-state index in [9.17, 15) is 13.2 Å². The van der Waals surface area contributed by atoms with Gasteiger partial charge < -0.3 is 19.5 Å². The lowest BCUT2D eigenvalue weighted by atomic mass is 10.2. The van der Waals surface area contributed by atoms with Gasteiger partial charge in [-0.3, -0.25) is 4.79 Å².